The van der Waals surface area contributed by atoms with Crippen LogP contribution in [0.25, 0.3) is 0 Å². The summed E-state index contributed by atoms with van der Waals surface area (Å²) in [6.45, 7) is 0. The van der Waals surface area contributed by atoms with Crippen molar-refractivity contribution in [2.24, 2.45) is 0 Å². The Morgan fingerprint density at radius 1 is 1.65 bits per heavy atom. The SMILES string of the molecule is N#CC1(NC(=O)CC(O)c2cccc(F)c2)CCSC1. The van der Waals surface area contributed by atoms with Gasteiger partial charge in [0.1, 0.15) is 11.4 Å². The van der Waals surface area contributed by atoms with Crippen LogP contribution in [0.5, 0.6) is 0 Å². The lowest BCUT2D eigenvalue weighted by atomic mass is 10.00. The average Bonchev–Trinajstić information content (AvgIpc) is 2.87. The molecule has 0 aromatic heterocycles. The zero-order valence-corrected chi connectivity index (χ0v) is 11.6. The van der Waals surface area contributed by atoms with Gasteiger partial charge in [-0.3, -0.25) is 4.79 Å². The van der Waals surface area contributed by atoms with Crippen molar-refractivity contribution >= 4 is 17.7 Å². The molecule has 6 heteroatoms. The molecule has 1 amide bonds. The molecule has 106 valence electrons. The number of thioether (sulfide) groups is 1. The maximum atomic E-state index is 13.1. The van der Waals surface area contributed by atoms with Crippen molar-refractivity contribution in [1.82, 2.24) is 5.32 Å². The van der Waals surface area contributed by atoms with Crippen LogP contribution < -0.4 is 5.32 Å². The van der Waals surface area contributed by atoms with E-state index < -0.39 is 23.4 Å². The number of amides is 1. The number of nitrogens with one attached hydrogen (secondary N) is 1. The Balaban J connectivity index is 1.96. The van der Waals surface area contributed by atoms with Crippen molar-refractivity contribution < 1.29 is 14.3 Å². The van der Waals surface area contributed by atoms with Crippen LogP contribution in [-0.4, -0.2) is 28.1 Å². The fourth-order valence-corrected chi connectivity index (χ4v) is 3.37. The first-order valence-corrected chi connectivity index (χ1v) is 7.44. The van der Waals surface area contributed by atoms with Crippen LogP contribution in [0.1, 0.15) is 24.5 Å². The van der Waals surface area contributed by atoms with Gasteiger partial charge < -0.3 is 10.4 Å². The number of carbonyl (C=O) groups is 1. The highest BCUT2D eigenvalue weighted by Gasteiger charge is 2.36. The molecule has 1 aromatic rings. The fourth-order valence-electron chi connectivity index (χ4n) is 2.10. The predicted octanol–water partition coefficient (Wildman–Crippen LogP) is 1.76. The van der Waals surface area contributed by atoms with Crippen LogP contribution in [0.3, 0.4) is 0 Å². The molecule has 0 spiro atoms. The monoisotopic (exact) mass is 294 g/mol. The first-order chi connectivity index (χ1) is 9.54. The van der Waals surface area contributed by atoms with E-state index in [1.807, 2.05) is 0 Å². The molecule has 0 radical (unpaired) electrons. The Labute approximate surface area is 121 Å². The smallest absolute Gasteiger partial charge is 0.224 e. The second kappa shape index (κ2) is 6.25. The van der Waals surface area contributed by atoms with Crippen molar-refractivity contribution in [2.75, 3.05) is 11.5 Å². The van der Waals surface area contributed by atoms with Gasteiger partial charge in [-0.05, 0) is 29.9 Å². The van der Waals surface area contributed by atoms with Gasteiger partial charge in [-0.15, -0.1) is 0 Å². The molecule has 1 heterocycles. The number of nitriles is 1. The summed E-state index contributed by atoms with van der Waals surface area (Å²) < 4.78 is 13.1. The molecule has 0 bridgehead atoms. The third kappa shape index (κ3) is 3.50. The van der Waals surface area contributed by atoms with E-state index in [1.165, 1.54) is 18.2 Å². The summed E-state index contributed by atoms with van der Waals surface area (Å²) >= 11 is 1.62. The van der Waals surface area contributed by atoms with Gasteiger partial charge in [0.15, 0.2) is 0 Å². The number of hydrogen-bond acceptors (Lipinski definition) is 4. The minimum atomic E-state index is -1.07. The Morgan fingerprint density at radius 3 is 3.05 bits per heavy atom. The largest absolute Gasteiger partial charge is 0.388 e. The standard InChI is InChI=1S/C14H15FN2O2S/c15-11-3-1-2-10(6-11)12(18)7-13(19)17-14(8-16)4-5-20-9-14/h1-3,6,12,18H,4-5,7,9H2,(H,17,19). The predicted molar refractivity (Wildman–Crippen MR) is 74.4 cm³/mol. The Hall–Kier alpha value is -1.58. The van der Waals surface area contributed by atoms with Gasteiger partial charge in [0.2, 0.25) is 5.91 Å². The summed E-state index contributed by atoms with van der Waals surface area (Å²) in [6, 6.07) is 7.65. The average molecular weight is 294 g/mol. The highest BCUT2D eigenvalue weighted by atomic mass is 32.2. The molecule has 20 heavy (non-hydrogen) atoms. The molecule has 0 saturated carbocycles. The van der Waals surface area contributed by atoms with Gasteiger partial charge in [0.25, 0.3) is 0 Å². The summed E-state index contributed by atoms with van der Waals surface area (Å²) in [5, 5.41) is 21.8. The lowest BCUT2D eigenvalue weighted by Crippen LogP contribution is -2.47. The topological polar surface area (TPSA) is 73.1 Å². The Morgan fingerprint density at radius 2 is 2.45 bits per heavy atom. The van der Waals surface area contributed by atoms with Gasteiger partial charge >= 0.3 is 0 Å². The third-order valence-electron chi connectivity index (χ3n) is 3.23. The van der Waals surface area contributed by atoms with Crippen molar-refractivity contribution in [2.45, 2.75) is 24.5 Å². The number of rotatable bonds is 4. The number of halogens is 1. The van der Waals surface area contributed by atoms with E-state index in [2.05, 4.69) is 11.4 Å². The van der Waals surface area contributed by atoms with Crippen LogP contribution in [0.2, 0.25) is 0 Å². The van der Waals surface area contributed by atoms with E-state index in [0.29, 0.717) is 17.7 Å². The zero-order valence-electron chi connectivity index (χ0n) is 10.8. The molecular formula is C14H15FN2O2S. The van der Waals surface area contributed by atoms with Gasteiger partial charge in [0.05, 0.1) is 18.6 Å². The molecule has 2 rings (SSSR count). The number of hydrogen-bond donors (Lipinski definition) is 2. The maximum Gasteiger partial charge on any atom is 0.224 e. The van der Waals surface area contributed by atoms with Gasteiger partial charge in [-0.25, -0.2) is 4.39 Å². The lowest BCUT2D eigenvalue weighted by Gasteiger charge is -2.22. The van der Waals surface area contributed by atoms with Gasteiger partial charge in [-0.2, -0.15) is 17.0 Å². The van der Waals surface area contributed by atoms with Crippen LogP contribution >= 0.6 is 11.8 Å². The quantitative estimate of drug-likeness (QED) is 0.887. The summed E-state index contributed by atoms with van der Waals surface area (Å²) in [4.78, 5) is 11.9. The molecule has 2 unspecified atom stereocenters. The molecule has 1 fully saturated rings. The molecule has 1 saturated heterocycles. The molecule has 2 atom stereocenters. The van der Waals surface area contributed by atoms with Crippen molar-refractivity contribution in [1.29, 1.82) is 5.26 Å². The summed E-state index contributed by atoms with van der Waals surface area (Å²) in [7, 11) is 0. The van der Waals surface area contributed by atoms with Gasteiger partial charge in [0, 0.05) is 5.75 Å². The van der Waals surface area contributed by atoms with Crippen LogP contribution in [-0.2, 0) is 4.79 Å². The van der Waals surface area contributed by atoms with Crippen molar-refractivity contribution in [3.63, 3.8) is 0 Å². The second-order valence-electron chi connectivity index (χ2n) is 4.82. The first-order valence-electron chi connectivity index (χ1n) is 6.28. The molecule has 1 aliphatic rings. The highest BCUT2D eigenvalue weighted by Crippen LogP contribution is 2.28. The van der Waals surface area contributed by atoms with Crippen LogP contribution in [0.4, 0.5) is 4.39 Å². The third-order valence-corrected chi connectivity index (χ3v) is 4.42. The zero-order chi connectivity index (χ0) is 14.6. The molecule has 1 aliphatic heterocycles. The molecule has 0 aliphatic carbocycles. The second-order valence-corrected chi connectivity index (χ2v) is 5.92. The lowest BCUT2D eigenvalue weighted by molar-refractivity contribution is -0.124. The van der Waals surface area contributed by atoms with Crippen molar-refractivity contribution in [3.05, 3.63) is 35.6 Å². The highest BCUT2D eigenvalue weighted by molar-refractivity contribution is 7.99. The molecular weight excluding hydrogens is 279 g/mol. The number of carbonyl (C=O) groups excluding carboxylic acids is 1. The molecule has 1 aromatic carbocycles. The van der Waals surface area contributed by atoms with E-state index in [4.69, 9.17) is 5.26 Å². The van der Waals surface area contributed by atoms with Crippen LogP contribution in [0, 0.1) is 17.1 Å². The summed E-state index contributed by atoms with van der Waals surface area (Å²) in [5.41, 5.74) is -0.476. The van der Waals surface area contributed by atoms with Gasteiger partial charge in [-0.1, -0.05) is 12.1 Å². The van der Waals surface area contributed by atoms with E-state index in [1.54, 1.807) is 17.8 Å². The number of aliphatic hydroxyl groups excluding tert-OH is 1. The number of aliphatic hydroxyl groups is 1. The van der Waals surface area contributed by atoms with Crippen LogP contribution in [0.15, 0.2) is 24.3 Å². The maximum absolute atomic E-state index is 13.1. The van der Waals surface area contributed by atoms with E-state index in [-0.39, 0.29) is 6.42 Å². The van der Waals surface area contributed by atoms with E-state index >= 15 is 0 Å². The molecule has 4 nitrogen and oxygen atoms in total. The van der Waals surface area contributed by atoms with E-state index in [0.717, 1.165) is 5.75 Å². The van der Waals surface area contributed by atoms with Crippen molar-refractivity contribution in [3.8, 4) is 6.07 Å². The minimum Gasteiger partial charge on any atom is -0.388 e. The molecule has 2 N–H and O–H groups in total. The van der Waals surface area contributed by atoms with E-state index in [9.17, 15) is 14.3 Å². The number of benzene rings is 1. The fraction of sp³-hybridized carbons (Fsp3) is 0.429. The number of nitrogens with zero attached hydrogens (tertiary/aromatic N) is 1. The normalized spacial score (nSPS) is 23.1. The first kappa shape index (κ1) is 14.8. The minimum absolute atomic E-state index is 0.183. The summed E-state index contributed by atoms with van der Waals surface area (Å²) in [5.74, 6) is 0.541. The Bertz CT molecular complexity index is 538. The Kier molecular flexibility index (Phi) is 4.63. The summed E-state index contributed by atoms with van der Waals surface area (Å²) in [6.07, 6.45) is -0.649.